The first-order chi connectivity index (χ1) is 17.9. The first kappa shape index (κ1) is 36.6. The van der Waals surface area contributed by atoms with Crippen molar-refractivity contribution in [2.75, 3.05) is 0 Å². The van der Waals surface area contributed by atoms with Gasteiger partial charge < -0.3 is 14.9 Å². The van der Waals surface area contributed by atoms with Crippen LogP contribution in [0.3, 0.4) is 0 Å². The Hall–Kier alpha value is 1.38. The Morgan fingerprint density at radius 1 is 0.231 bits per heavy atom. The maximum absolute atomic E-state index is 1.61. The van der Waals surface area contributed by atoms with Gasteiger partial charge in [-0.3, -0.25) is 0 Å². The normalized spacial score (nSPS) is 26.9. The summed E-state index contributed by atoms with van der Waals surface area (Å²) in [5.41, 5.74) is 7.18. The Labute approximate surface area is 260 Å². The molecule has 0 unspecified atom stereocenters. The number of rotatable bonds is 6. The van der Waals surface area contributed by atoms with E-state index in [0.717, 1.165) is 0 Å². The molecule has 0 aliphatic heterocycles. The Bertz CT molecular complexity index is 487. The summed E-state index contributed by atoms with van der Waals surface area (Å²) in [6.45, 7) is 0. The van der Waals surface area contributed by atoms with Gasteiger partial charge in [0.2, 0.25) is 0 Å². The van der Waals surface area contributed by atoms with Crippen LogP contribution >= 0.6 is 15.8 Å². The molecule has 6 fully saturated rings. The molecule has 6 rings (SSSR count). The van der Waals surface area contributed by atoms with Gasteiger partial charge in [0.1, 0.15) is 0 Å². The fourth-order valence-electron chi connectivity index (χ4n) is 9.71. The fourth-order valence-corrected chi connectivity index (χ4v) is 19.1. The van der Waals surface area contributed by atoms with Crippen LogP contribution in [-0.4, -0.2) is 34.0 Å². The zero-order chi connectivity index (χ0) is 24.4. The molecule has 230 valence electrons. The molecule has 0 saturated heterocycles. The van der Waals surface area contributed by atoms with E-state index in [0.29, 0.717) is 15.8 Å². The summed E-state index contributed by atoms with van der Waals surface area (Å²) in [4.78, 5) is 0. The minimum Gasteiger partial charge on any atom is -0.358 e. The van der Waals surface area contributed by atoms with Crippen LogP contribution in [0.4, 0.5) is 0 Å². The predicted octanol–water partition coefficient (Wildman–Crippen LogP) is 13.1. The van der Waals surface area contributed by atoms with E-state index in [9.17, 15) is 0 Å². The summed E-state index contributed by atoms with van der Waals surface area (Å²) in [6, 6.07) is 0. The molecule has 6 saturated carbocycles. The molecule has 0 radical (unpaired) electrons. The van der Waals surface area contributed by atoms with Crippen molar-refractivity contribution in [3.63, 3.8) is 0 Å². The van der Waals surface area contributed by atoms with Crippen molar-refractivity contribution in [3.05, 3.63) is 14.9 Å². The second-order valence-electron chi connectivity index (χ2n) is 13.9. The third-order valence-corrected chi connectivity index (χ3v) is 19.6. The zero-order valence-corrected chi connectivity index (χ0v) is 29.4. The molecular formula is C36H68FeP2. The van der Waals surface area contributed by atoms with Gasteiger partial charge in [0.05, 0.1) is 0 Å². The first-order valence-electron chi connectivity index (χ1n) is 17.4. The molecule has 6 aliphatic rings. The summed E-state index contributed by atoms with van der Waals surface area (Å²) in [5, 5.41) is 0. The van der Waals surface area contributed by atoms with Crippen LogP contribution in [0.2, 0.25) is 0 Å². The van der Waals surface area contributed by atoms with Gasteiger partial charge in [-0.05, 0) is 111 Å². The van der Waals surface area contributed by atoms with Gasteiger partial charge in [0.15, 0.2) is 0 Å². The van der Waals surface area contributed by atoms with Crippen molar-refractivity contribution in [1.82, 2.24) is 0 Å². The average Bonchev–Trinajstić information content (AvgIpc) is 3.68. The number of hydrogen-bond donors (Lipinski definition) is 0. The maximum atomic E-state index is 1.61. The van der Waals surface area contributed by atoms with Crippen molar-refractivity contribution in [2.24, 2.45) is 0 Å². The van der Waals surface area contributed by atoms with Crippen LogP contribution in [0.1, 0.15) is 180 Å². The van der Waals surface area contributed by atoms with Gasteiger partial charge in [0, 0.05) is 0 Å². The van der Waals surface area contributed by atoms with Crippen LogP contribution in [-0.2, 0) is 17.1 Å². The van der Waals surface area contributed by atoms with E-state index in [1.165, 1.54) is 59.6 Å². The molecule has 0 nitrogen and oxygen atoms in total. The largest absolute Gasteiger partial charge is 2.00 e. The summed E-state index contributed by atoms with van der Waals surface area (Å²) in [6.07, 6.45) is 44.2. The second kappa shape index (κ2) is 20.4. The predicted molar refractivity (Wildman–Crippen MR) is 179 cm³/mol. The SMILES string of the molecule is C1CCC(P(C2CCCCC2)C2CCCC2)CC1.C1CCC(P(C2CCCCC2)C2CCCC2)CC1.[CH3-].[CH3-].[Fe+2]. The second-order valence-corrected chi connectivity index (χ2v) is 20.1. The van der Waals surface area contributed by atoms with Crippen LogP contribution < -0.4 is 0 Å². The first-order valence-corrected chi connectivity index (χ1v) is 20.5. The quantitative estimate of drug-likeness (QED) is 0.158. The Kier molecular flexibility index (Phi) is 19.1. The van der Waals surface area contributed by atoms with Gasteiger partial charge in [-0.2, -0.15) is 0 Å². The average molecular weight is 619 g/mol. The van der Waals surface area contributed by atoms with Crippen molar-refractivity contribution < 1.29 is 17.1 Å². The zero-order valence-electron chi connectivity index (χ0n) is 26.5. The van der Waals surface area contributed by atoms with E-state index in [2.05, 4.69) is 0 Å². The van der Waals surface area contributed by atoms with E-state index < -0.39 is 0 Å². The molecule has 0 aromatic rings. The molecule has 0 heterocycles. The van der Waals surface area contributed by atoms with Gasteiger partial charge in [-0.1, -0.05) is 119 Å². The van der Waals surface area contributed by atoms with Crippen molar-refractivity contribution in [3.8, 4) is 0 Å². The molecule has 3 heteroatoms. The third kappa shape index (κ3) is 10.8. The molecule has 6 aliphatic carbocycles. The smallest absolute Gasteiger partial charge is 0.358 e. The van der Waals surface area contributed by atoms with Crippen molar-refractivity contribution in [1.29, 1.82) is 0 Å². The van der Waals surface area contributed by atoms with E-state index in [1.807, 2.05) is 0 Å². The van der Waals surface area contributed by atoms with E-state index in [-0.39, 0.29) is 31.9 Å². The van der Waals surface area contributed by atoms with Crippen LogP contribution in [0, 0.1) is 14.9 Å². The van der Waals surface area contributed by atoms with Gasteiger partial charge in [-0.15, -0.1) is 0 Å². The van der Waals surface area contributed by atoms with E-state index in [1.54, 1.807) is 154 Å². The molecule has 0 N–H and O–H groups in total. The molecule has 39 heavy (non-hydrogen) atoms. The Balaban J connectivity index is 0.000000254. The molecule has 0 aromatic heterocycles. The summed E-state index contributed by atoms with van der Waals surface area (Å²) < 4.78 is 0. The Morgan fingerprint density at radius 3 is 0.513 bits per heavy atom. The minimum absolute atomic E-state index is 0. The third-order valence-electron chi connectivity index (χ3n) is 11.5. The molecule has 0 spiro atoms. The Morgan fingerprint density at radius 2 is 0.359 bits per heavy atom. The molecular weight excluding hydrogens is 550 g/mol. The standard InChI is InChI=1S/2C17H31P.2CH3.Fe/c2*1-3-9-15(10-4-1)18(17-13-7-8-14-17)16-11-5-2-6-12-16;;;/h2*15-17H,1-14H2;2*1H3;/q;;2*-1;+2. The van der Waals surface area contributed by atoms with Crippen LogP contribution in [0.15, 0.2) is 0 Å². The molecule has 0 amide bonds. The van der Waals surface area contributed by atoms with Crippen LogP contribution in [0.5, 0.6) is 0 Å². The van der Waals surface area contributed by atoms with E-state index in [4.69, 9.17) is 0 Å². The molecule has 0 aromatic carbocycles. The van der Waals surface area contributed by atoms with Gasteiger partial charge in [0.25, 0.3) is 0 Å². The van der Waals surface area contributed by atoms with Gasteiger partial charge in [-0.25, -0.2) is 0 Å². The molecule has 0 atom stereocenters. The number of hydrogen-bond acceptors (Lipinski definition) is 0. The summed E-state index contributed by atoms with van der Waals surface area (Å²) in [5.74, 6) is 0. The van der Waals surface area contributed by atoms with Gasteiger partial charge >= 0.3 is 17.1 Å². The molecule has 0 bridgehead atoms. The monoisotopic (exact) mass is 618 g/mol. The van der Waals surface area contributed by atoms with Crippen molar-refractivity contribution in [2.45, 2.75) is 214 Å². The fraction of sp³-hybridized carbons (Fsp3) is 0.944. The minimum atomic E-state index is 0. The topological polar surface area (TPSA) is 0 Å². The van der Waals surface area contributed by atoms with Crippen LogP contribution in [0.25, 0.3) is 0 Å². The van der Waals surface area contributed by atoms with E-state index >= 15 is 0 Å². The summed E-state index contributed by atoms with van der Waals surface area (Å²) in [7, 11) is 0.804. The van der Waals surface area contributed by atoms with Crippen molar-refractivity contribution >= 4 is 15.8 Å². The summed E-state index contributed by atoms with van der Waals surface area (Å²) >= 11 is 0. The maximum Gasteiger partial charge on any atom is 2.00 e.